The molecule has 1 aromatic rings. The van der Waals surface area contributed by atoms with Gasteiger partial charge in [0.2, 0.25) is 0 Å². The summed E-state index contributed by atoms with van der Waals surface area (Å²) < 4.78 is 2.32. The molecular weight excluding hydrogens is 226 g/mol. The van der Waals surface area contributed by atoms with Crippen LogP contribution in [0.25, 0.3) is 0 Å². The first-order valence-corrected chi connectivity index (χ1v) is 6.96. The summed E-state index contributed by atoms with van der Waals surface area (Å²) in [6, 6.07) is 1.26. The topological polar surface area (TPSA) is 38.1 Å². The zero-order valence-electron chi connectivity index (χ0n) is 11.0. The van der Waals surface area contributed by atoms with Crippen molar-refractivity contribution < 1.29 is 4.79 Å². The average molecular weight is 247 g/mol. The van der Waals surface area contributed by atoms with E-state index in [4.69, 9.17) is 0 Å². The molecule has 0 radical (unpaired) electrons. The Kier molecular flexibility index (Phi) is 3.20. The van der Waals surface area contributed by atoms with Crippen molar-refractivity contribution in [2.24, 2.45) is 0 Å². The summed E-state index contributed by atoms with van der Waals surface area (Å²) >= 11 is 0. The Bertz CT molecular complexity index is 426. The molecule has 0 N–H and O–H groups in total. The molecule has 1 aromatic heterocycles. The molecule has 3 rings (SSSR count). The van der Waals surface area contributed by atoms with Gasteiger partial charge in [-0.15, -0.1) is 0 Å². The van der Waals surface area contributed by atoms with Crippen LogP contribution in [0.1, 0.15) is 50.3 Å². The molecule has 0 bridgehead atoms. The van der Waals surface area contributed by atoms with E-state index in [1.807, 2.05) is 12.5 Å². The molecule has 2 aliphatic rings. The molecule has 18 heavy (non-hydrogen) atoms. The van der Waals surface area contributed by atoms with Gasteiger partial charge in [-0.05, 0) is 32.7 Å². The Labute approximate surface area is 108 Å². The second-order valence-electron chi connectivity index (χ2n) is 5.71. The number of Topliss-reactive ketones (excluding diaryl/α,β-unsaturated/α-hetero) is 1. The van der Waals surface area contributed by atoms with E-state index in [0.29, 0.717) is 17.9 Å². The van der Waals surface area contributed by atoms with Gasteiger partial charge < -0.3 is 4.57 Å². The van der Waals surface area contributed by atoms with Crippen molar-refractivity contribution in [2.45, 2.75) is 57.2 Å². The molecule has 1 heterocycles. The monoisotopic (exact) mass is 247 g/mol. The molecule has 4 heteroatoms. The SMILES string of the molecule is CN(Cc1cncn1C1CC1)C1CCC(=O)CC1. The molecule has 0 saturated heterocycles. The Hall–Kier alpha value is -1.16. The predicted molar refractivity (Wildman–Crippen MR) is 69.2 cm³/mol. The van der Waals surface area contributed by atoms with Crippen molar-refractivity contribution in [3.63, 3.8) is 0 Å². The van der Waals surface area contributed by atoms with Crippen LogP contribution in [0.15, 0.2) is 12.5 Å². The largest absolute Gasteiger partial charge is 0.330 e. The van der Waals surface area contributed by atoms with E-state index in [2.05, 4.69) is 21.5 Å². The maximum Gasteiger partial charge on any atom is 0.133 e. The fraction of sp³-hybridized carbons (Fsp3) is 0.714. The predicted octanol–water partition coefficient (Wildman–Crippen LogP) is 2.16. The van der Waals surface area contributed by atoms with Gasteiger partial charge in [0.1, 0.15) is 5.78 Å². The van der Waals surface area contributed by atoms with Crippen molar-refractivity contribution in [2.75, 3.05) is 7.05 Å². The van der Waals surface area contributed by atoms with Gasteiger partial charge in [0.25, 0.3) is 0 Å². The molecule has 2 aliphatic carbocycles. The Morgan fingerprint density at radius 3 is 2.72 bits per heavy atom. The van der Waals surface area contributed by atoms with Gasteiger partial charge in [-0.25, -0.2) is 4.98 Å². The van der Waals surface area contributed by atoms with Gasteiger partial charge in [0, 0.05) is 37.7 Å². The van der Waals surface area contributed by atoms with Crippen LogP contribution in [-0.4, -0.2) is 33.3 Å². The minimum atomic E-state index is 0.433. The number of aromatic nitrogens is 2. The molecule has 0 atom stereocenters. The van der Waals surface area contributed by atoms with Gasteiger partial charge in [-0.3, -0.25) is 9.69 Å². The highest BCUT2D eigenvalue weighted by Crippen LogP contribution is 2.36. The Morgan fingerprint density at radius 2 is 2.06 bits per heavy atom. The zero-order chi connectivity index (χ0) is 12.5. The van der Waals surface area contributed by atoms with Crippen LogP contribution >= 0.6 is 0 Å². The number of rotatable bonds is 4. The standard InChI is InChI=1S/C14H21N3O/c1-16(11-4-6-14(18)7-5-11)9-13-8-15-10-17(13)12-2-3-12/h8,10-12H,2-7,9H2,1H3. The quantitative estimate of drug-likeness (QED) is 0.818. The lowest BCUT2D eigenvalue weighted by molar-refractivity contribution is -0.121. The molecular formula is C14H21N3O. The highest BCUT2D eigenvalue weighted by atomic mass is 16.1. The number of hydrogen-bond donors (Lipinski definition) is 0. The summed E-state index contributed by atoms with van der Waals surface area (Å²) in [5, 5.41) is 0. The maximum atomic E-state index is 11.3. The van der Waals surface area contributed by atoms with Crippen LogP contribution in [0.3, 0.4) is 0 Å². The summed E-state index contributed by atoms with van der Waals surface area (Å²) in [4.78, 5) is 17.9. The highest BCUT2D eigenvalue weighted by Gasteiger charge is 2.27. The van der Waals surface area contributed by atoms with Crippen molar-refractivity contribution in [1.29, 1.82) is 0 Å². The summed E-state index contributed by atoms with van der Waals surface area (Å²) in [7, 11) is 2.17. The normalized spacial score (nSPS) is 21.8. The van der Waals surface area contributed by atoms with E-state index in [0.717, 1.165) is 32.2 Å². The van der Waals surface area contributed by atoms with Gasteiger partial charge in [-0.1, -0.05) is 0 Å². The minimum Gasteiger partial charge on any atom is -0.330 e. The van der Waals surface area contributed by atoms with Gasteiger partial charge >= 0.3 is 0 Å². The van der Waals surface area contributed by atoms with Gasteiger partial charge in [-0.2, -0.15) is 0 Å². The Morgan fingerprint density at radius 1 is 1.33 bits per heavy atom. The summed E-state index contributed by atoms with van der Waals surface area (Å²) in [6.07, 6.45) is 10.1. The first kappa shape index (κ1) is 11.9. The van der Waals surface area contributed by atoms with E-state index in [9.17, 15) is 4.79 Å². The smallest absolute Gasteiger partial charge is 0.133 e. The number of ketones is 1. The fourth-order valence-corrected chi connectivity index (χ4v) is 2.89. The molecule has 0 aromatic carbocycles. The van der Waals surface area contributed by atoms with Crippen LogP contribution in [0.5, 0.6) is 0 Å². The third-order valence-corrected chi connectivity index (χ3v) is 4.23. The van der Waals surface area contributed by atoms with E-state index >= 15 is 0 Å². The lowest BCUT2D eigenvalue weighted by Gasteiger charge is -2.30. The van der Waals surface area contributed by atoms with Crippen molar-refractivity contribution in [3.8, 4) is 0 Å². The number of hydrogen-bond acceptors (Lipinski definition) is 3. The summed E-state index contributed by atoms with van der Waals surface area (Å²) in [6.45, 7) is 0.954. The molecule has 4 nitrogen and oxygen atoms in total. The summed E-state index contributed by atoms with van der Waals surface area (Å²) in [5.41, 5.74) is 1.32. The molecule has 0 amide bonds. The molecule has 0 unspecified atom stereocenters. The fourth-order valence-electron chi connectivity index (χ4n) is 2.89. The third-order valence-electron chi connectivity index (χ3n) is 4.23. The number of carbonyl (C=O) groups excluding carboxylic acids is 1. The van der Waals surface area contributed by atoms with Crippen LogP contribution in [0.2, 0.25) is 0 Å². The van der Waals surface area contributed by atoms with E-state index < -0.39 is 0 Å². The average Bonchev–Trinajstić information content (AvgIpc) is 3.11. The maximum absolute atomic E-state index is 11.3. The second kappa shape index (κ2) is 4.84. The van der Waals surface area contributed by atoms with Gasteiger partial charge in [0.05, 0.1) is 12.0 Å². The van der Waals surface area contributed by atoms with Crippen LogP contribution in [0.4, 0.5) is 0 Å². The van der Waals surface area contributed by atoms with Crippen molar-refractivity contribution in [3.05, 3.63) is 18.2 Å². The van der Waals surface area contributed by atoms with E-state index in [1.54, 1.807) is 0 Å². The first-order chi connectivity index (χ1) is 8.74. The van der Waals surface area contributed by atoms with Crippen molar-refractivity contribution >= 4 is 5.78 Å². The second-order valence-corrected chi connectivity index (χ2v) is 5.71. The van der Waals surface area contributed by atoms with Crippen LogP contribution in [-0.2, 0) is 11.3 Å². The first-order valence-electron chi connectivity index (χ1n) is 6.96. The molecule has 0 spiro atoms. The zero-order valence-corrected chi connectivity index (χ0v) is 11.0. The van der Waals surface area contributed by atoms with Crippen molar-refractivity contribution in [1.82, 2.24) is 14.5 Å². The molecule has 98 valence electrons. The third kappa shape index (κ3) is 2.48. The minimum absolute atomic E-state index is 0.433. The molecule has 0 aliphatic heterocycles. The highest BCUT2D eigenvalue weighted by molar-refractivity contribution is 5.79. The molecule has 2 fully saturated rings. The number of nitrogens with zero attached hydrogens (tertiary/aromatic N) is 3. The molecule has 2 saturated carbocycles. The van der Waals surface area contributed by atoms with E-state index in [-0.39, 0.29) is 0 Å². The van der Waals surface area contributed by atoms with Crippen LogP contribution < -0.4 is 0 Å². The van der Waals surface area contributed by atoms with Crippen LogP contribution in [0, 0.1) is 0 Å². The summed E-state index contributed by atoms with van der Waals surface area (Å²) in [5.74, 6) is 0.433. The Balaban J connectivity index is 1.61. The lowest BCUT2D eigenvalue weighted by Crippen LogP contribution is -2.35. The number of carbonyl (C=O) groups is 1. The van der Waals surface area contributed by atoms with E-state index in [1.165, 1.54) is 18.5 Å². The van der Waals surface area contributed by atoms with Gasteiger partial charge in [0.15, 0.2) is 0 Å². The lowest BCUT2D eigenvalue weighted by atomic mass is 9.93. The number of imidazole rings is 1.